The molecule has 3 heteroatoms. The van der Waals surface area contributed by atoms with Crippen molar-refractivity contribution < 1.29 is 0 Å². The molecule has 3 nitrogen and oxygen atoms in total. The van der Waals surface area contributed by atoms with E-state index in [4.69, 9.17) is 5.10 Å². The third-order valence-electron chi connectivity index (χ3n) is 5.00. The molecule has 1 aromatic rings. The molecular weight excluding hydrogens is 342 g/mol. The average Bonchev–Trinajstić information content (AvgIpc) is 3.03. The van der Waals surface area contributed by atoms with Crippen LogP contribution in [0, 0.1) is 6.92 Å². The maximum atomic E-state index is 5.01. The molecule has 1 unspecified atom stereocenters. The Morgan fingerprint density at radius 2 is 1.79 bits per heavy atom. The van der Waals surface area contributed by atoms with Crippen molar-refractivity contribution in [1.29, 1.82) is 0 Å². The summed E-state index contributed by atoms with van der Waals surface area (Å²) in [7, 11) is 0. The van der Waals surface area contributed by atoms with Gasteiger partial charge in [0.1, 0.15) is 6.17 Å². The molecule has 0 aliphatic carbocycles. The molecule has 148 valence electrons. The van der Waals surface area contributed by atoms with Crippen LogP contribution in [0.5, 0.6) is 0 Å². The number of allylic oxidation sites excluding steroid dienone is 5. The molecule has 0 N–H and O–H groups in total. The number of aryl methyl sites for hydroxylation is 1. The summed E-state index contributed by atoms with van der Waals surface area (Å²) in [6, 6.07) is 6.49. The Morgan fingerprint density at radius 1 is 1.14 bits per heavy atom. The van der Waals surface area contributed by atoms with Crippen molar-refractivity contribution in [2.45, 2.75) is 54.6 Å². The summed E-state index contributed by atoms with van der Waals surface area (Å²) in [5.74, 6) is 0.992. The summed E-state index contributed by atoms with van der Waals surface area (Å²) in [5.41, 5.74) is 8.11. The van der Waals surface area contributed by atoms with Gasteiger partial charge in [-0.1, -0.05) is 63.4 Å². The third-order valence-corrected chi connectivity index (χ3v) is 5.00. The van der Waals surface area contributed by atoms with Crippen molar-refractivity contribution >= 4 is 17.1 Å². The highest BCUT2D eigenvalue weighted by Crippen LogP contribution is 2.45. The summed E-state index contributed by atoms with van der Waals surface area (Å²) in [5, 5.41) is 7.06. The molecule has 0 saturated carbocycles. The first-order valence-electron chi connectivity index (χ1n) is 10.0. The van der Waals surface area contributed by atoms with Gasteiger partial charge < -0.3 is 4.90 Å². The zero-order chi connectivity index (χ0) is 21.0. The van der Waals surface area contributed by atoms with Crippen LogP contribution in [0.1, 0.15) is 52.7 Å². The Hall–Kier alpha value is -2.81. The molecule has 2 aliphatic heterocycles. The molecule has 1 aromatic carbocycles. The molecule has 0 saturated heterocycles. The maximum Gasteiger partial charge on any atom is 0.162 e. The lowest BCUT2D eigenvalue weighted by atomic mass is 9.88. The second-order valence-electron chi connectivity index (χ2n) is 6.71. The molecule has 2 heterocycles. The minimum absolute atomic E-state index is 0.0566. The van der Waals surface area contributed by atoms with Gasteiger partial charge in [0, 0.05) is 11.1 Å². The minimum atomic E-state index is 0.0566. The van der Waals surface area contributed by atoms with Crippen LogP contribution in [0.25, 0.3) is 5.57 Å². The first-order valence-corrected chi connectivity index (χ1v) is 10.0. The van der Waals surface area contributed by atoms with Gasteiger partial charge in [0.15, 0.2) is 5.84 Å². The van der Waals surface area contributed by atoms with Gasteiger partial charge >= 0.3 is 0 Å². The van der Waals surface area contributed by atoms with Crippen LogP contribution in [-0.2, 0) is 0 Å². The van der Waals surface area contributed by atoms with Gasteiger partial charge in [0.2, 0.25) is 0 Å². The van der Waals surface area contributed by atoms with Gasteiger partial charge in [0.25, 0.3) is 0 Å². The molecule has 0 spiro atoms. The van der Waals surface area contributed by atoms with Crippen LogP contribution in [0.2, 0.25) is 0 Å². The molecule has 2 aliphatic rings. The lowest BCUT2D eigenvalue weighted by Crippen LogP contribution is -2.43. The van der Waals surface area contributed by atoms with E-state index in [2.05, 4.69) is 81.1 Å². The number of hydrazone groups is 1. The third kappa shape index (κ3) is 3.37. The quantitative estimate of drug-likeness (QED) is 0.540. The molecule has 0 aromatic heterocycles. The number of benzene rings is 1. The largest absolute Gasteiger partial charge is 0.301 e. The molecule has 0 fully saturated rings. The van der Waals surface area contributed by atoms with Crippen molar-refractivity contribution in [2.75, 3.05) is 4.90 Å². The van der Waals surface area contributed by atoms with Crippen LogP contribution in [0.3, 0.4) is 0 Å². The zero-order valence-electron chi connectivity index (χ0n) is 18.4. The summed E-state index contributed by atoms with van der Waals surface area (Å²) in [4.78, 5) is 2.34. The van der Waals surface area contributed by atoms with Crippen molar-refractivity contribution in [3.05, 3.63) is 83.6 Å². The fourth-order valence-corrected chi connectivity index (χ4v) is 3.83. The van der Waals surface area contributed by atoms with E-state index in [1.807, 2.05) is 26.8 Å². The van der Waals surface area contributed by atoms with Crippen LogP contribution in [0.4, 0.5) is 5.69 Å². The van der Waals surface area contributed by atoms with E-state index in [0.717, 1.165) is 17.1 Å². The van der Waals surface area contributed by atoms with E-state index in [-0.39, 0.29) is 6.17 Å². The van der Waals surface area contributed by atoms with Crippen LogP contribution >= 0.6 is 0 Å². The Labute approximate surface area is 170 Å². The van der Waals surface area contributed by atoms with Crippen LogP contribution in [-0.4, -0.2) is 17.0 Å². The Morgan fingerprint density at radius 3 is 2.32 bits per heavy atom. The average molecular weight is 376 g/mol. The highest BCUT2D eigenvalue weighted by Gasteiger charge is 2.41. The van der Waals surface area contributed by atoms with Crippen LogP contribution in [0.15, 0.2) is 77.6 Å². The zero-order valence-corrected chi connectivity index (χ0v) is 18.4. The SMILES string of the molecule is C=C/C=C(\C(=C)C)N1N=C2C(=C/C)/C(=C\C)c3cccc(C)c3N2C1C.CC. The van der Waals surface area contributed by atoms with Crippen molar-refractivity contribution in [1.82, 2.24) is 5.01 Å². The second-order valence-corrected chi connectivity index (χ2v) is 6.71. The fourth-order valence-electron chi connectivity index (χ4n) is 3.83. The lowest BCUT2D eigenvalue weighted by Gasteiger charge is -2.36. The smallest absolute Gasteiger partial charge is 0.162 e. The van der Waals surface area contributed by atoms with E-state index in [1.165, 1.54) is 28.0 Å². The number of hydrogen-bond donors (Lipinski definition) is 0. The van der Waals surface area contributed by atoms with Crippen molar-refractivity contribution in [3.8, 4) is 0 Å². The number of rotatable bonds is 3. The topological polar surface area (TPSA) is 18.8 Å². The van der Waals surface area contributed by atoms with E-state index in [1.54, 1.807) is 6.08 Å². The number of amidine groups is 1. The fraction of sp³-hybridized carbons (Fsp3) is 0.320. The highest BCUT2D eigenvalue weighted by atomic mass is 15.6. The monoisotopic (exact) mass is 375 g/mol. The molecule has 0 bridgehead atoms. The van der Waals surface area contributed by atoms with Gasteiger partial charge in [-0.3, -0.25) is 0 Å². The first kappa shape index (κ1) is 21.5. The lowest BCUT2D eigenvalue weighted by molar-refractivity contribution is 0.319. The molecular formula is C25H33N3. The molecule has 1 atom stereocenters. The number of anilines is 1. The van der Waals surface area contributed by atoms with E-state index in [9.17, 15) is 0 Å². The summed E-state index contributed by atoms with van der Waals surface area (Å²) >= 11 is 0. The predicted molar refractivity (Wildman–Crippen MR) is 124 cm³/mol. The van der Waals surface area contributed by atoms with Gasteiger partial charge in [-0.25, -0.2) is 5.01 Å². The normalized spacial score (nSPS) is 21.0. The first-order chi connectivity index (χ1) is 13.5. The standard InChI is InChI=1S/C23H27N3.C2H6/c1-8-12-21(15(4)5)26-17(7)25-22-16(6)13-11-14-20(22)18(9-2)19(10-3)23(25)24-26;1-2/h8-14,17H,1,4H2,2-3,5-7H3;1-2H3/b18-9+,19-10+,21-12+;. The van der Waals surface area contributed by atoms with Gasteiger partial charge in [-0.05, 0) is 57.4 Å². The Bertz CT molecular complexity index is 896. The maximum absolute atomic E-state index is 5.01. The predicted octanol–water partition coefficient (Wildman–Crippen LogP) is 6.81. The van der Waals surface area contributed by atoms with Crippen molar-refractivity contribution in [3.63, 3.8) is 0 Å². The summed E-state index contributed by atoms with van der Waals surface area (Å²) in [6.45, 7) is 22.5. The van der Waals surface area contributed by atoms with Crippen molar-refractivity contribution in [2.24, 2.45) is 5.10 Å². The number of para-hydroxylation sites is 1. The highest BCUT2D eigenvalue weighted by molar-refractivity contribution is 6.25. The van der Waals surface area contributed by atoms with E-state index >= 15 is 0 Å². The molecule has 3 rings (SSSR count). The summed E-state index contributed by atoms with van der Waals surface area (Å²) < 4.78 is 0. The van der Waals surface area contributed by atoms with Gasteiger partial charge in [-0.2, -0.15) is 5.10 Å². The molecule has 0 amide bonds. The van der Waals surface area contributed by atoms with Gasteiger partial charge in [-0.15, -0.1) is 0 Å². The second kappa shape index (κ2) is 8.92. The molecule has 0 radical (unpaired) electrons. The summed E-state index contributed by atoms with van der Waals surface area (Å²) in [6.07, 6.45) is 8.16. The van der Waals surface area contributed by atoms with Gasteiger partial charge in [0.05, 0.1) is 11.4 Å². The number of fused-ring (bicyclic) bond motifs is 3. The minimum Gasteiger partial charge on any atom is -0.301 e. The van der Waals surface area contributed by atoms with E-state index < -0.39 is 0 Å². The number of hydrogen-bond acceptors (Lipinski definition) is 3. The van der Waals surface area contributed by atoms with E-state index in [0.29, 0.717) is 0 Å². The Kier molecular flexibility index (Phi) is 6.85. The van der Waals surface area contributed by atoms with Crippen LogP contribution < -0.4 is 4.90 Å². The molecule has 28 heavy (non-hydrogen) atoms. The Balaban J connectivity index is 0.00000136. The number of nitrogens with zero attached hydrogens (tertiary/aromatic N) is 3.